The Morgan fingerprint density at radius 2 is 1.47 bits per heavy atom. The molecule has 454 valence electrons. The van der Waals surface area contributed by atoms with Gasteiger partial charge in [-0.25, -0.2) is 14.8 Å². The summed E-state index contributed by atoms with van der Waals surface area (Å²) in [7, 11) is 1.88. The smallest absolute Gasteiger partial charge is 0.326 e. The second-order valence-electron chi connectivity index (χ2n) is 24.5. The van der Waals surface area contributed by atoms with Gasteiger partial charge in [0.1, 0.15) is 34.1 Å². The number of hydrogen-bond donors (Lipinski definition) is 2. The minimum atomic E-state index is -1.07. The Bertz CT molecular complexity index is 3590. The van der Waals surface area contributed by atoms with Crippen molar-refractivity contribution in [3.05, 3.63) is 145 Å². The summed E-state index contributed by atoms with van der Waals surface area (Å²) in [5.41, 5.74) is 3.19. The summed E-state index contributed by atoms with van der Waals surface area (Å²) in [6, 6.07) is 25.0. The van der Waals surface area contributed by atoms with Crippen molar-refractivity contribution in [1.82, 2.24) is 49.3 Å². The summed E-state index contributed by atoms with van der Waals surface area (Å²) in [6.45, 7) is 21.5. The van der Waals surface area contributed by atoms with Gasteiger partial charge in [-0.2, -0.15) is 4.98 Å². The van der Waals surface area contributed by atoms with Crippen molar-refractivity contribution in [3.63, 3.8) is 0 Å². The van der Waals surface area contributed by atoms with Crippen molar-refractivity contribution in [3.8, 4) is 5.75 Å². The van der Waals surface area contributed by atoms with E-state index in [4.69, 9.17) is 37.9 Å². The number of urea groups is 1. The van der Waals surface area contributed by atoms with Gasteiger partial charge in [-0.05, 0) is 131 Å². The molecule has 2 N–H and O–H groups in total. The standard InChI is InChI=1S/C65H79Cl2N13O6/c1-10-86-53-37-46(63(4,5)6)19-25-51(53)59-73-64(7,44-15-20-47(66)21-16-44)65(8,45-17-22-48(67)23-18-45)80(59)62(85)78-31-29-75(30-32-78)40-55(82)68-27-28-74(9)41-56(83)77-35-33-76(34-36-77)50-24-26-54(69-38-50)71-61-70-39-52-42(2)57(43(3)81)60(84)79(58(52)72-61)49-13-11-12-14-49/h15-26,37-39,49H,10-14,27-36,40-41H2,1-9H3,(H,68,82)(H,69,70,71,72). The first-order valence-corrected chi connectivity index (χ1v) is 30.7. The van der Waals surface area contributed by atoms with Crippen molar-refractivity contribution < 1.29 is 23.9 Å². The number of aryl methyl sites for hydroxylation is 1. The van der Waals surface area contributed by atoms with Crippen molar-refractivity contribution in [2.45, 2.75) is 104 Å². The lowest BCUT2D eigenvalue weighted by Crippen LogP contribution is -2.61. The first-order valence-electron chi connectivity index (χ1n) is 29.9. The number of amides is 4. The maximum Gasteiger partial charge on any atom is 0.326 e. The van der Waals surface area contributed by atoms with Gasteiger partial charge in [0.15, 0.2) is 5.78 Å². The molecule has 1 aliphatic carbocycles. The number of aliphatic imine (C=N–C) groups is 1. The number of likely N-dealkylation sites (N-methyl/N-ethyl adjacent to an activating group) is 1. The molecule has 1 saturated carbocycles. The molecule has 6 heterocycles. The largest absolute Gasteiger partial charge is 0.493 e. The van der Waals surface area contributed by atoms with Crippen LogP contribution in [-0.2, 0) is 26.1 Å². The van der Waals surface area contributed by atoms with Crippen molar-refractivity contribution in [2.24, 2.45) is 4.99 Å². The lowest BCUT2D eigenvalue weighted by Gasteiger charge is -2.47. The van der Waals surface area contributed by atoms with E-state index in [0.29, 0.717) is 128 Å². The minimum absolute atomic E-state index is 0.0219. The van der Waals surface area contributed by atoms with Gasteiger partial charge in [0.05, 0.1) is 42.7 Å². The molecule has 0 spiro atoms. The summed E-state index contributed by atoms with van der Waals surface area (Å²) in [5.74, 6) is 1.60. The van der Waals surface area contributed by atoms with Crippen LogP contribution in [0.3, 0.4) is 0 Å². The Morgan fingerprint density at radius 1 is 0.814 bits per heavy atom. The van der Waals surface area contributed by atoms with Crippen LogP contribution in [-0.4, -0.2) is 166 Å². The highest BCUT2D eigenvalue weighted by Crippen LogP contribution is 2.54. The number of ketones is 1. The molecule has 86 heavy (non-hydrogen) atoms. The number of anilines is 3. The Labute approximate surface area is 513 Å². The molecule has 3 fully saturated rings. The van der Waals surface area contributed by atoms with Gasteiger partial charge in [-0.3, -0.25) is 43.4 Å². The van der Waals surface area contributed by atoms with Gasteiger partial charge in [-0.15, -0.1) is 0 Å². The molecular weight excluding hydrogens is 1130 g/mol. The lowest BCUT2D eigenvalue weighted by molar-refractivity contribution is -0.132. The molecule has 4 aliphatic rings. The van der Waals surface area contributed by atoms with Gasteiger partial charge in [0.2, 0.25) is 17.8 Å². The van der Waals surface area contributed by atoms with E-state index >= 15 is 4.79 Å². The zero-order valence-electron chi connectivity index (χ0n) is 50.9. The average Bonchev–Trinajstić information content (AvgIpc) is 1.53. The van der Waals surface area contributed by atoms with Crippen LogP contribution in [0.4, 0.5) is 22.2 Å². The van der Waals surface area contributed by atoms with Gasteiger partial charge in [0.25, 0.3) is 5.56 Å². The van der Waals surface area contributed by atoms with E-state index in [1.807, 2.05) is 100 Å². The molecule has 0 bridgehead atoms. The third-order valence-corrected chi connectivity index (χ3v) is 18.3. The summed E-state index contributed by atoms with van der Waals surface area (Å²) in [6.07, 6.45) is 7.20. The highest BCUT2D eigenvalue weighted by molar-refractivity contribution is 6.30. The molecule has 2 atom stereocenters. The minimum Gasteiger partial charge on any atom is -0.493 e. The zero-order valence-corrected chi connectivity index (χ0v) is 52.4. The number of rotatable bonds is 17. The van der Waals surface area contributed by atoms with Crippen LogP contribution in [0.5, 0.6) is 5.75 Å². The number of fused-ring (bicyclic) bond motifs is 1. The predicted molar refractivity (Wildman–Crippen MR) is 339 cm³/mol. The van der Waals surface area contributed by atoms with E-state index in [0.717, 1.165) is 48.1 Å². The Balaban J connectivity index is 0.714. The molecule has 3 aromatic heterocycles. The quantitative estimate of drug-likeness (QED) is 0.0821. The van der Waals surface area contributed by atoms with E-state index in [1.54, 1.807) is 23.9 Å². The zero-order chi connectivity index (χ0) is 61.2. The number of benzene rings is 3. The average molecular weight is 1210 g/mol. The van der Waals surface area contributed by atoms with Gasteiger partial charge in [0, 0.05) is 93.1 Å². The Hall–Kier alpha value is -7.45. The van der Waals surface area contributed by atoms with E-state index in [1.165, 1.54) is 6.92 Å². The molecular formula is C65H79Cl2N13O6. The topological polar surface area (TPSA) is 194 Å². The van der Waals surface area contributed by atoms with Crippen LogP contribution in [0.2, 0.25) is 10.0 Å². The summed E-state index contributed by atoms with van der Waals surface area (Å²) >= 11 is 13.0. The number of piperazine rings is 2. The molecule has 4 amide bonds. The molecule has 21 heteroatoms. The Morgan fingerprint density at radius 3 is 2.08 bits per heavy atom. The second-order valence-corrected chi connectivity index (χ2v) is 25.3. The molecule has 0 radical (unpaired) electrons. The predicted octanol–water partition coefficient (Wildman–Crippen LogP) is 9.59. The van der Waals surface area contributed by atoms with Crippen LogP contribution < -0.4 is 25.8 Å². The summed E-state index contributed by atoms with van der Waals surface area (Å²) < 4.78 is 8.07. The third kappa shape index (κ3) is 12.6. The van der Waals surface area contributed by atoms with E-state index in [9.17, 15) is 19.2 Å². The second kappa shape index (κ2) is 25.5. The highest BCUT2D eigenvalue weighted by atomic mass is 35.5. The first-order chi connectivity index (χ1) is 41.1. The number of Topliss-reactive ketones (excluding diaryl/α,β-unsaturated/α-hetero) is 1. The van der Waals surface area contributed by atoms with Gasteiger partial charge >= 0.3 is 6.03 Å². The fourth-order valence-electron chi connectivity index (χ4n) is 12.6. The Kier molecular flexibility index (Phi) is 18.3. The number of ether oxygens (including phenoxy) is 1. The number of amidine groups is 1. The van der Waals surface area contributed by atoms with Crippen molar-refractivity contribution in [1.29, 1.82) is 0 Å². The number of nitrogens with one attached hydrogen (secondary N) is 2. The van der Waals surface area contributed by atoms with Crippen LogP contribution >= 0.6 is 23.2 Å². The lowest BCUT2D eigenvalue weighted by atomic mass is 9.71. The number of pyridine rings is 2. The SMILES string of the molecule is CCOc1cc(C(C)(C)C)ccc1C1=NC(C)(c2ccc(Cl)cc2)C(C)(c2ccc(Cl)cc2)N1C(=O)N1CCN(CC(=O)NCCN(C)CC(=O)N2CCN(c3ccc(Nc4ncc5c(C)c(C(C)=O)c(=O)n(C6CCCC6)c5n4)nc3)CC2)CC1. The maximum absolute atomic E-state index is 15.6. The van der Waals surface area contributed by atoms with Crippen molar-refractivity contribution in [2.75, 3.05) is 102 Å². The van der Waals surface area contributed by atoms with E-state index in [2.05, 4.69) is 77.2 Å². The molecule has 2 unspecified atom stereocenters. The van der Waals surface area contributed by atoms with E-state index in [-0.39, 0.29) is 59.3 Å². The molecule has 3 aromatic carbocycles. The van der Waals surface area contributed by atoms with Crippen LogP contribution in [0, 0.1) is 6.92 Å². The molecule has 2 saturated heterocycles. The molecule has 19 nitrogen and oxygen atoms in total. The van der Waals surface area contributed by atoms with Gasteiger partial charge < -0.3 is 30.1 Å². The number of aromatic nitrogens is 4. The number of carbonyl (C=O) groups is 4. The summed E-state index contributed by atoms with van der Waals surface area (Å²) in [5, 5.41) is 8.09. The number of hydrogen-bond acceptors (Lipinski definition) is 14. The fourth-order valence-corrected chi connectivity index (χ4v) is 12.8. The number of carbonyl (C=O) groups excluding carboxylic acids is 4. The molecule has 3 aliphatic heterocycles. The maximum atomic E-state index is 15.6. The third-order valence-electron chi connectivity index (χ3n) is 17.8. The summed E-state index contributed by atoms with van der Waals surface area (Å²) in [4.78, 5) is 100. The molecule has 10 rings (SSSR count). The normalized spacial score (nSPS) is 19.6. The van der Waals surface area contributed by atoms with Crippen LogP contribution in [0.1, 0.15) is 118 Å². The monoisotopic (exact) mass is 1210 g/mol. The fraction of sp³-hybridized carbons (Fsp3) is 0.462. The number of halogens is 2. The van der Waals surface area contributed by atoms with E-state index < -0.39 is 11.1 Å². The number of nitrogens with zero attached hydrogens (tertiary/aromatic N) is 11. The highest BCUT2D eigenvalue weighted by Gasteiger charge is 2.60. The van der Waals surface area contributed by atoms with Gasteiger partial charge in [-0.1, -0.05) is 87.1 Å². The van der Waals surface area contributed by atoms with Crippen LogP contribution in [0.25, 0.3) is 11.0 Å². The molecule has 6 aromatic rings. The first kappa shape index (κ1) is 61.6. The van der Waals surface area contributed by atoms with Crippen LogP contribution in [0.15, 0.2) is 101 Å². The van der Waals surface area contributed by atoms with Crippen molar-refractivity contribution >= 4 is 81.2 Å².